The molecule has 2 aromatic heterocycles. The van der Waals surface area contributed by atoms with E-state index in [9.17, 15) is 0 Å². The summed E-state index contributed by atoms with van der Waals surface area (Å²) < 4.78 is 12.7. The van der Waals surface area contributed by atoms with Gasteiger partial charge in [-0.25, -0.2) is 4.98 Å². The van der Waals surface area contributed by atoms with E-state index in [0.29, 0.717) is 5.89 Å². The Morgan fingerprint density at radius 1 is 0.392 bits per heavy atom. The van der Waals surface area contributed by atoms with Gasteiger partial charge in [0.25, 0.3) is 0 Å². The lowest BCUT2D eigenvalue weighted by molar-refractivity contribution is 0.620. The van der Waals surface area contributed by atoms with E-state index < -0.39 is 0 Å². The second-order valence-electron chi connectivity index (χ2n) is 12.8. The van der Waals surface area contributed by atoms with Gasteiger partial charge in [0.05, 0.1) is 0 Å². The lowest BCUT2D eigenvalue weighted by Crippen LogP contribution is -2.10. The largest absolute Gasteiger partial charge is 0.456 e. The summed E-state index contributed by atoms with van der Waals surface area (Å²) in [6.07, 6.45) is 0. The zero-order valence-corrected chi connectivity index (χ0v) is 27.5. The molecule has 0 amide bonds. The fraction of sp³-hybridized carbons (Fsp3) is 0. The summed E-state index contributed by atoms with van der Waals surface area (Å²) in [4.78, 5) is 7.16. The van der Waals surface area contributed by atoms with E-state index in [1.165, 1.54) is 27.5 Å². The molecule has 0 saturated heterocycles. The average molecular weight is 655 g/mol. The third-order valence-corrected chi connectivity index (χ3v) is 9.70. The molecule has 0 unspecified atom stereocenters. The van der Waals surface area contributed by atoms with Crippen LogP contribution in [0.25, 0.3) is 77.5 Å². The van der Waals surface area contributed by atoms with Crippen molar-refractivity contribution in [3.8, 4) is 33.7 Å². The van der Waals surface area contributed by atoms with Crippen LogP contribution >= 0.6 is 0 Å². The number of hydrogen-bond acceptors (Lipinski definition) is 4. The summed E-state index contributed by atoms with van der Waals surface area (Å²) in [5.41, 5.74) is 11.9. The molecule has 0 aliphatic carbocycles. The van der Waals surface area contributed by atoms with Gasteiger partial charge < -0.3 is 13.7 Å². The number of para-hydroxylation sites is 2. The van der Waals surface area contributed by atoms with Crippen LogP contribution in [-0.4, -0.2) is 4.98 Å². The highest BCUT2D eigenvalue weighted by molar-refractivity contribution is 6.13. The zero-order valence-electron chi connectivity index (χ0n) is 27.5. The van der Waals surface area contributed by atoms with E-state index in [1.54, 1.807) is 0 Å². The van der Waals surface area contributed by atoms with Crippen LogP contribution in [0.2, 0.25) is 0 Å². The van der Waals surface area contributed by atoms with E-state index in [0.717, 1.165) is 61.2 Å². The highest BCUT2D eigenvalue weighted by Crippen LogP contribution is 2.43. The number of furan rings is 1. The number of benzene rings is 8. The monoisotopic (exact) mass is 654 g/mol. The molecule has 0 spiro atoms. The van der Waals surface area contributed by atoms with Gasteiger partial charge in [0.15, 0.2) is 5.58 Å². The Morgan fingerprint density at radius 3 is 1.98 bits per heavy atom. The van der Waals surface area contributed by atoms with Crippen molar-refractivity contribution in [1.29, 1.82) is 0 Å². The van der Waals surface area contributed by atoms with E-state index in [2.05, 4.69) is 150 Å². The molecule has 0 bridgehead atoms. The van der Waals surface area contributed by atoms with Crippen molar-refractivity contribution in [3.05, 3.63) is 182 Å². The Labute approximate surface area is 294 Å². The molecule has 0 radical (unpaired) electrons. The minimum Gasteiger partial charge on any atom is -0.456 e. The predicted octanol–water partition coefficient (Wildman–Crippen LogP) is 13.4. The third-order valence-electron chi connectivity index (χ3n) is 9.70. The lowest BCUT2D eigenvalue weighted by atomic mass is 9.98. The minimum absolute atomic E-state index is 0.575. The van der Waals surface area contributed by atoms with Gasteiger partial charge >= 0.3 is 0 Å². The molecule has 4 heteroatoms. The van der Waals surface area contributed by atoms with Gasteiger partial charge in [0.1, 0.15) is 16.7 Å². The van der Waals surface area contributed by atoms with Crippen LogP contribution in [0, 0.1) is 0 Å². The van der Waals surface area contributed by atoms with Crippen molar-refractivity contribution in [3.63, 3.8) is 0 Å². The molecule has 4 nitrogen and oxygen atoms in total. The maximum atomic E-state index is 6.42. The molecular weight excluding hydrogens is 625 g/mol. The topological polar surface area (TPSA) is 42.4 Å². The number of rotatable bonds is 6. The first-order valence-electron chi connectivity index (χ1n) is 17.1. The zero-order chi connectivity index (χ0) is 33.7. The first-order valence-corrected chi connectivity index (χ1v) is 17.1. The highest BCUT2D eigenvalue weighted by Gasteiger charge is 2.20. The molecule has 0 N–H and O–H groups in total. The molecule has 0 atom stereocenters. The summed E-state index contributed by atoms with van der Waals surface area (Å²) >= 11 is 0. The van der Waals surface area contributed by atoms with Crippen LogP contribution in [-0.2, 0) is 0 Å². The summed E-state index contributed by atoms with van der Waals surface area (Å²) in [6.45, 7) is 0. The number of anilines is 3. The van der Waals surface area contributed by atoms with Crippen molar-refractivity contribution in [2.75, 3.05) is 4.90 Å². The van der Waals surface area contributed by atoms with Gasteiger partial charge in [0.2, 0.25) is 5.89 Å². The Balaban J connectivity index is 1.15. The first-order chi connectivity index (χ1) is 25.3. The van der Waals surface area contributed by atoms with Crippen LogP contribution in [0.5, 0.6) is 0 Å². The number of hydrogen-bond donors (Lipinski definition) is 0. The van der Waals surface area contributed by atoms with Crippen LogP contribution in [0.1, 0.15) is 0 Å². The Bertz CT molecular complexity index is 2830. The molecule has 0 aliphatic heterocycles. The number of oxazole rings is 1. The van der Waals surface area contributed by atoms with Crippen LogP contribution in [0.15, 0.2) is 191 Å². The van der Waals surface area contributed by atoms with Crippen molar-refractivity contribution in [1.82, 2.24) is 4.98 Å². The van der Waals surface area contributed by atoms with Crippen molar-refractivity contribution in [2.45, 2.75) is 0 Å². The molecule has 0 saturated carbocycles. The van der Waals surface area contributed by atoms with Gasteiger partial charge in [-0.15, -0.1) is 0 Å². The van der Waals surface area contributed by atoms with Crippen molar-refractivity contribution >= 4 is 60.9 Å². The standard InChI is InChI=1S/C47H30N2O2/c1-2-11-31(12-3-1)34-15-8-16-36(29-34)49(35-25-23-33(24-26-35)39-18-9-14-32-13-4-5-17-38(32)39)37-27-28-43-41(30-37)46-40(19-10-22-45(46)50-43)47-48-42-20-6-7-21-44(42)51-47/h1-30H. The maximum Gasteiger partial charge on any atom is 0.228 e. The molecule has 51 heavy (non-hydrogen) atoms. The summed E-state index contributed by atoms with van der Waals surface area (Å²) in [6, 6.07) is 63.5. The smallest absolute Gasteiger partial charge is 0.228 e. The van der Waals surface area contributed by atoms with Crippen molar-refractivity contribution in [2.24, 2.45) is 0 Å². The second kappa shape index (κ2) is 11.9. The fourth-order valence-electron chi connectivity index (χ4n) is 7.29. The van der Waals surface area contributed by atoms with Gasteiger partial charge in [-0.3, -0.25) is 0 Å². The third kappa shape index (κ3) is 5.04. The molecule has 10 aromatic rings. The number of aromatic nitrogens is 1. The molecule has 2 heterocycles. The van der Waals surface area contributed by atoms with E-state index in [4.69, 9.17) is 13.8 Å². The van der Waals surface area contributed by atoms with Crippen molar-refractivity contribution < 1.29 is 8.83 Å². The second-order valence-corrected chi connectivity index (χ2v) is 12.8. The highest BCUT2D eigenvalue weighted by atomic mass is 16.3. The summed E-state index contributed by atoms with van der Waals surface area (Å²) in [7, 11) is 0. The number of nitrogens with zero attached hydrogens (tertiary/aromatic N) is 2. The van der Waals surface area contributed by atoms with Gasteiger partial charge in [-0.1, -0.05) is 115 Å². The lowest BCUT2D eigenvalue weighted by Gasteiger charge is -2.26. The summed E-state index contributed by atoms with van der Waals surface area (Å²) in [5.74, 6) is 0.575. The molecule has 8 aromatic carbocycles. The molecular formula is C47H30N2O2. The first kappa shape index (κ1) is 29.0. The van der Waals surface area contributed by atoms with E-state index in [-0.39, 0.29) is 0 Å². The molecule has 0 aliphatic rings. The average Bonchev–Trinajstić information content (AvgIpc) is 3.80. The SMILES string of the molecule is c1ccc(-c2cccc(N(c3ccc(-c4cccc5ccccc45)cc3)c3ccc4oc5cccc(-c6nc7ccccc7o6)c5c4c3)c2)cc1. The Kier molecular flexibility index (Phi) is 6.78. The minimum atomic E-state index is 0.575. The van der Waals surface area contributed by atoms with E-state index >= 15 is 0 Å². The van der Waals surface area contributed by atoms with Crippen LogP contribution < -0.4 is 4.90 Å². The van der Waals surface area contributed by atoms with Gasteiger partial charge in [-0.05, 0) is 99.8 Å². The van der Waals surface area contributed by atoms with Gasteiger partial charge in [-0.2, -0.15) is 0 Å². The molecule has 240 valence electrons. The molecule has 10 rings (SSSR count). The van der Waals surface area contributed by atoms with Gasteiger partial charge in [0, 0.05) is 33.4 Å². The Morgan fingerprint density at radius 2 is 1.08 bits per heavy atom. The van der Waals surface area contributed by atoms with Crippen LogP contribution in [0.3, 0.4) is 0 Å². The Hall–Kier alpha value is -6.91. The van der Waals surface area contributed by atoms with E-state index in [1.807, 2.05) is 36.4 Å². The fourth-order valence-corrected chi connectivity index (χ4v) is 7.29. The predicted molar refractivity (Wildman–Crippen MR) is 210 cm³/mol. The normalized spacial score (nSPS) is 11.5. The quantitative estimate of drug-likeness (QED) is 0.179. The van der Waals surface area contributed by atoms with Crippen LogP contribution in [0.4, 0.5) is 17.1 Å². The maximum absolute atomic E-state index is 6.42. The summed E-state index contributed by atoms with van der Waals surface area (Å²) in [5, 5.41) is 4.45. The molecule has 0 fully saturated rings. The number of fused-ring (bicyclic) bond motifs is 5.